The van der Waals surface area contributed by atoms with Crippen LogP contribution in [0.4, 0.5) is 0 Å². The van der Waals surface area contributed by atoms with Crippen molar-refractivity contribution in [3.05, 3.63) is 38.0 Å². The van der Waals surface area contributed by atoms with E-state index in [2.05, 4.69) is 47.7 Å². The number of carbonyl (C=O) groups is 1. The molecule has 0 radical (unpaired) electrons. The summed E-state index contributed by atoms with van der Waals surface area (Å²) >= 11 is 3.37. The van der Waals surface area contributed by atoms with Gasteiger partial charge in [0.2, 0.25) is 5.91 Å². The van der Waals surface area contributed by atoms with Gasteiger partial charge in [-0.2, -0.15) is 0 Å². The lowest BCUT2D eigenvalue weighted by Gasteiger charge is -2.24. The van der Waals surface area contributed by atoms with Crippen LogP contribution in [0.1, 0.15) is 33.5 Å². The van der Waals surface area contributed by atoms with Gasteiger partial charge in [-0.05, 0) is 51.4 Å². The minimum atomic E-state index is 0.105. The largest absolute Gasteiger partial charge is 0.354 e. The highest BCUT2D eigenvalue weighted by atomic mass is 32.1. The Labute approximate surface area is 140 Å². The number of thiophene rings is 1. The summed E-state index contributed by atoms with van der Waals surface area (Å²) in [5.74, 6) is 0.105. The van der Waals surface area contributed by atoms with Gasteiger partial charge in [0.25, 0.3) is 0 Å². The lowest BCUT2D eigenvalue weighted by molar-refractivity contribution is -0.121. The van der Waals surface area contributed by atoms with Gasteiger partial charge in [0.1, 0.15) is 0 Å². The van der Waals surface area contributed by atoms with Crippen molar-refractivity contribution >= 4 is 28.6 Å². The van der Waals surface area contributed by atoms with Crippen LogP contribution < -0.4 is 5.32 Å². The number of likely N-dealkylation sites (N-methyl/N-ethyl adjacent to an activating group) is 1. The fraction of sp³-hybridized carbons (Fsp3) is 0.500. The first-order chi connectivity index (χ1) is 10.5. The van der Waals surface area contributed by atoms with E-state index in [0.29, 0.717) is 13.0 Å². The molecule has 2 aromatic rings. The molecule has 22 heavy (non-hydrogen) atoms. The molecule has 1 amide bonds. The summed E-state index contributed by atoms with van der Waals surface area (Å²) < 4.78 is 0. The van der Waals surface area contributed by atoms with Crippen LogP contribution in [0, 0.1) is 13.8 Å². The summed E-state index contributed by atoms with van der Waals surface area (Å²) in [5.41, 5.74) is 4.17. The fourth-order valence-electron chi connectivity index (χ4n) is 2.33. The van der Waals surface area contributed by atoms with E-state index < -0.39 is 0 Å². The van der Waals surface area contributed by atoms with Crippen LogP contribution >= 0.6 is 22.7 Å². The van der Waals surface area contributed by atoms with E-state index in [-0.39, 0.29) is 11.9 Å². The predicted octanol–water partition coefficient (Wildman–Crippen LogP) is 3.17. The minimum Gasteiger partial charge on any atom is -0.354 e. The summed E-state index contributed by atoms with van der Waals surface area (Å²) in [6, 6.07) is 2.36. The molecule has 4 nitrogen and oxygen atoms in total. The van der Waals surface area contributed by atoms with Crippen molar-refractivity contribution < 1.29 is 4.79 Å². The second-order valence-corrected chi connectivity index (χ2v) is 7.50. The number of thiazole rings is 1. The van der Waals surface area contributed by atoms with E-state index in [4.69, 9.17) is 0 Å². The van der Waals surface area contributed by atoms with Crippen LogP contribution in [0.3, 0.4) is 0 Å². The summed E-state index contributed by atoms with van der Waals surface area (Å²) in [4.78, 5) is 21.0. The maximum atomic E-state index is 12.1. The van der Waals surface area contributed by atoms with E-state index in [1.807, 2.05) is 12.4 Å². The van der Waals surface area contributed by atoms with E-state index in [1.54, 1.807) is 22.7 Å². The van der Waals surface area contributed by atoms with Gasteiger partial charge in [0.05, 0.1) is 17.2 Å². The van der Waals surface area contributed by atoms with Gasteiger partial charge in [-0.15, -0.1) is 22.7 Å². The topological polar surface area (TPSA) is 45.2 Å². The molecule has 0 aliphatic rings. The van der Waals surface area contributed by atoms with Gasteiger partial charge in [0.15, 0.2) is 0 Å². The molecule has 0 fully saturated rings. The molecule has 1 N–H and O–H groups in total. The molecule has 0 saturated heterocycles. The first-order valence-corrected chi connectivity index (χ1v) is 9.11. The average Bonchev–Trinajstić information content (AvgIpc) is 3.06. The fourth-order valence-corrected chi connectivity index (χ4v) is 4.23. The number of nitrogens with one attached hydrogen (secondary N) is 1. The van der Waals surface area contributed by atoms with E-state index in [9.17, 15) is 4.79 Å². The highest BCUT2D eigenvalue weighted by Gasteiger charge is 2.18. The zero-order valence-corrected chi connectivity index (χ0v) is 15.2. The highest BCUT2D eigenvalue weighted by molar-refractivity contribution is 7.10. The van der Waals surface area contributed by atoms with Crippen LogP contribution in [0.2, 0.25) is 0 Å². The Kier molecular flexibility index (Phi) is 6.11. The first kappa shape index (κ1) is 17.1. The SMILES string of the molecule is Cc1ccsc1C(CNC(=O)CCc1scnc1C)N(C)C. The van der Waals surface area contributed by atoms with Gasteiger partial charge in [0, 0.05) is 22.7 Å². The molecule has 0 saturated carbocycles. The monoisotopic (exact) mass is 337 g/mol. The Morgan fingerprint density at radius 1 is 1.36 bits per heavy atom. The highest BCUT2D eigenvalue weighted by Crippen LogP contribution is 2.26. The zero-order valence-electron chi connectivity index (χ0n) is 13.5. The van der Waals surface area contributed by atoms with Gasteiger partial charge < -0.3 is 10.2 Å². The molecule has 1 atom stereocenters. The number of hydrogen-bond acceptors (Lipinski definition) is 5. The van der Waals surface area contributed by atoms with E-state index in [0.717, 1.165) is 12.1 Å². The summed E-state index contributed by atoms with van der Waals surface area (Å²) in [6.45, 7) is 4.76. The second-order valence-electron chi connectivity index (χ2n) is 5.61. The van der Waals surface area contributed by atoms with Crippen LogP contribution in [0.25, 0.3) is 0 Å². The molecule has 2 rings (SSSR count). The molecule has 0 aliphatic carbocycles. The van der Waals surface area contributed by atoms with E-state index in [1.165, 1.54) is 15.3 Å². The van der Waals surface area contributed by atoms with Crippen LogP contribution in [-0.2, 0) is 11.2 Å². The predicted molar refractivity (Wildman–Crippen MR) is 93.7 cm³/mol. The van der Waals surface area contributed by atoms with Crippen molar-refractivity contribution in [2.45, 2.75) is 32.7 Å². The zero-order chi connectivity index (χ0) is 16.1. The van der Waals surface area contributed by atoms with Gasteiger partial charge in [-0.25, -0.2) is 4.98 Å². The van der Waals surface area contributed by atoms with Crippen LogP contribution in [-0.4, -0.2) is 36.4 Å². The third kappa shape index (κ3) is 4.38. The van der Waals surface area contributed by atoms with E-state index >= 15 is 0 Å². The summed E-state index contributed by atoms with van der Waals surface area (Å²) in [7, 11) is 4.10. The molecule has 2 heterocycles. The number of carbonyl (C=O) groups excluding carboxylic acids is 1. The molecular weight excluding hydrogens is 314 g/mol. The minimum absolute atomic E-state index is 0.105. The smallest absolute Gasteiger partial charge is 0.220 e. The number of hydrogen-bond donors (Lipinski definition) is 1. The van der Waals surface area contributed by atoms with Crippen molar-refractivity contribution in [2.24, 2.45) is 0 Å². The Balaban J connectivity index is 1.86. The van der Waals surface area contributed by atoms with Crippen molar-refractivity contribution in [1.82, 2.24) is 15.2 Å². The van der Waals surface area contributed by atoms with Crippen molar-refractivity contribution in [1.29, 1.82) is 0 Å². The number of rotatable bonds is 7. The van der Waals surface area contributed by atoms with Gasteiger partial charge >= 0.3 is 0 Å². The molecule has 0 aliphatic heterocycles. The molecule has 0 spiro atoms. The summed E-state index contributed by atoms with van der Waals surface area (Å²) in [5, 5.41) is 5.18. The molecule has 0 bridgehead atoms. The Hall–Kier alpha value is -1.24. The molecular formula is C16H23N3OS2. The number of aryl methyl sites for hydroxylation is 3. The maximum Gasteiger partial charge on any atom is 0.220 e. The molecule has 0 aromatic carbocycles. The Morgan fingerprint density at radius 2 is 2.14 bits per heavy atom. The third-order valence-electron chi connectivity index (χ3n) is 3.74. The van der Waals surface area contributed by atoms with Gasteiger partial charge in [-0.1, -0.05) is 0 Å². The lowest BCUT2D eigenvalue weighted by atomic mass is 10.1. The molecule has 6 heteroatoms. The quantitative estimate of drug-likeness (QED) is 0.844. The first-order valence-electron chi connectivity index (χ1n) is 7.35. The standard InChI is InChI=1S/C16H23N3OS2/c1-11-7-8-21-16(11)13(19(3)4)9-17-15(20)6-5-14-12(2)18-10-22-14/h7-8,10,13H,5-6,9H2,1-4H3,(H,17,20). The molecule has 2 aromatic heterocycles. The van der Waals surface area contributed by atoms with Crippen LogP contribution in [0.5, 0.6) is 0 Å². The van der Waals surface area contributed by atoms with Crippen molar-refractivity contribution in [3.8, 4) is 0 Å². The maximum absolute atomic E-state index is 12.1. The van der Waals surface area contributed by atoms with Crippen LogP contribution in [0.15, 0.2) is 17.0 Å². The molecule has 1 unspecified atom stereocenters. The number of amides is 1. The van der Waals surface area contributed by atoms with Gasteiger partial charge in [-0.3, -0.25) is 4.79 Å². The molecule has 120 valence electrons. The van der Waals surface area contributed by atoms with Crippen molar-refractivity contribution in [3.63, 3.8) is 0 Å². The second kappa shape index (κ2) is 7.85. The third-order valence-corrected chi connectivity index (χ3v) is 5.86. The Morgan fingerprint density at radius 3 is 2.68 bits per heavy atom. The van der Waals surface area contributed by atoms with Crippen molar-refractivity contribution in [2.75, 3.05) is 20.6 Å². The average molecular weight is 338 g/mol. The summed E-state index contributed by atoms with van der Waals surface area (Å²) in [6.07, 6.45) is 1.29. The number of aromatic nitrogens is 1. The Bertz CT molecular complexity index is 618. The lowest BCUT2D eigenvalue weighted by Crippen LogP contribution is -2.34. The number of nitrogens with zero attached hydrogens (tertiary/aromatic N) is 2. The normalized spacial score (nSPS) is 12.6.